The van der Waals surface area contributed by atoms with Crippen LogP contribution in [0, 0.1) is 22.7 Å². The Balaban J connectivity index is 2.08. The first-order valence-corrected chi connectivity index (χ1v) is 10.1. The van der Waals surface area contributed by atoms with Crippen molar-refractivity contribution < 1.29 is 4.79 Å². The molecule has 0 saturated heterocycles. The third kappa shape index (κ3) is 2.47. The molecule has 0 bridgehead atoms. The standard InChI is InChI=1S/C18H10N4OS3/c19-8-12-15(21)11(7-10-3-1-5-24-10)16-14(9-20)26-17(18(23)22(12)16)13-4-2-6-25-13/h1-7,17H,21H2. The van der Waals surface area contributed by atoms with Crippen LogP contribution in [0.4, 0.5) is 5.69 Å². The van der Waals surface area contributed by atoms with E-state index < -0.39 is 5.25 Å². The molecular weight excluding hydrogens is 384 g/mol. The molecule has 4 rings (SSSR count). The number of hydrogen-bond acceptors (Lipinski definition) is 7. The summed E-state index contributed by atoms with van der Waals surface area (Å²) in [6.07, 6.45) is 1.82. The van der Waals surface area contributed by atoms with Gasteiger partial charge in [-0.3, -0.25) is 9.36 Å². The Labute approximate surface area is 160 Å². The van der Waals surface area contributed by atoms with E-state index in [1.807, 2.05) is 47.2 Å². The van der Waals surface area contributed by atoms with E-state index in [4.69, 9.17) is 5.73 Å². The molecule has 1 aliphatic heterocycles. The van der Waals surface area contributed by atoms with Crippen LogP contribution in [-0.4, -0.2) is 10.5 Å². The molecular formula is C18H10N4OS3. The number of carbonyl (C=O) groups excluding carboxylic acids is 1. The third-order valence-corrected chi connectivity index (χ3v) is 7.10. The number of rotatable bonds is 2. The lowest BCUT2D eigenvalue weighted by molar-refractivity contribution is 0.0906. The maximum absolute atomic E-state index is 13.1. The van der Waals surface area contributed by atoms with Gasteiger partial charge in [0.1, 0.15) is 22.3 Å². The van der Waals surface area contributed by atoms with Gasteiger partial charge in [0, 0.05) is 15.0 Å². The van der Waals surface area contributed by atoms with Crippen LogP contribution < -0.4 is 16.3 Å². The van der Waals surface area contributed by atoms with Gasteiger partial charge in [-0.25, -0.2) is 0 Å². The highest BCUT2D eigenvalue weighted by molar-refractivity contribution is 8.09. The number of hydrogen-bond donors (Lipinski definition) is 1. The average molecular weight is 395 g/mol. The SMILES string of the molecule is N#CC1=c2c(=Cc3cccs3)c(N)c(C#N)n2C(=O)C(c2cccs2)S1. The summed E-state index contributed by atoms with van der Waals surface area (Å²) in [5, 5.41) is 23.5. The van der Waals surface area contributed by atoms with Gasteiger partial charge in [-0.1, -0.05) is 23.9 Å². The zero-order chi connectivity index (χ0) is 18.3. The van der Waals surface area contributed by atoms with E-state index in [1.54, 1.807) is 0 Å². The van der Waals surface area contributed by atoms with Crippen LogP contribution in [0.15, 0.2) is 35.0 Å². The fraction of sp³-hybridized carbons (Fsp3) is 0.0556. The molecule has 0 aromatic carbocycles. The van der Waals surface area contributed by atoms with Gasteiger partial charge in [-0.2, -0.15) is 10.5 Å². The van der Waals surface area contributed by atoms with E-state index in [1.165, 1.54) is 39.0 Å². The molecule has 4 heterocycles. The van der Waals surface area contributed by atoms with Crippen molar-refractivity contribution in [1.82, 2.24) is 4.57 Å². The molecule has 1 unspecified atom stereocenters. The summed E-state index contributed by atoms with van der Waals surface area (Å²) >= 11 is 4.18. The Kier molecular flexibility index (Phi) is 4.17. The quantitative estimate of drug-likeness (QED) is 0.721. The van der Waals surface area contributed by atoms with Gasteiger partial charge in [-0.15, -0.1) is 22.7 Å². The average Bonchev–Trinajstić information content (AvgIpc) is 3.38. The van der Waals surface area contributed by atoms with Crippen LogP contribution in [0.2, 0.25) is 0 Å². The Morgan fingerprint density at radius 1 is 1.15 bits per heavy atom. The van der Waals surface area contributed by atoms with Crippen molar-refractivity contribution in [3.8, 4) is 12.1 Å². The van der Waals surface area contributed by atoms with E-state index in [0.717, 1.165) is 9.75 Å². The van der Waals surface area contributed by atoms with Crippen molar-refractivity contribution in [2.75, 3.05) is 5.73 Å². The number of thioether (sulfide) groups is 1. The van der Waals surface area contributed by atoms with E-state index in [-0.39, 0.29) is 17.3 Å². The second kappa shape index (κ2) is 6.50. The second-order valence-electron chi connectivity index (χ2n) is 5.42. The van der Waals surface area contributed by atoms with Crippen molar-refractivity contribution in [3.05, 3.63) is 61.0 Å². The summed E-state index contributed by atoms with van der Waals surface area (Å²) in [7, 11) is 0. The first-order valence-electron chi connectivity index (χ1n) is 7.50. The number of carbonyl (C=O) groups is 1. The van der Waals surface area contributed by atoms with Gasteiger partial charge in [0.05, 0.1) is 11.0 Å². The number of nitriles is 2. The zero-order valence-electron chi connectivity index (χ0n) is 13.2. The van der Waals surface area contributed by atoms with Crippen LogP contribution in [-0.2, 0) is 0 Å². The smallest absolute Gasteiger partial charge is 0.251 e. The Morgan fingerprint density at radius 2 is 1.92 bits per heavy atom. The number of fused-ring (bicyclic) bond motifs is 1. The maximum atomic E-state index is 13.1. The van der Waals surface area contributed by atoms with Gasteiger partial charge < -0.3 is 5.73 Å². The normalized spacial score (nSPS) is 17.0. The predicted molar refractivity (Wildman–Crippen MR) is 105 cm³/mol. The Morgan fingerprint density at radius 3 is 2.54 bits per heavy atom. The monoisotopic (exact) mass is 394 g/mol. The summed E-state index contributed by atoms with van der Waals surface area (Å²) < 4.78 is 1.31. The van der Waals surface area contributed by atoms with Crippen LogP contribution in [0.25, 0.3) is 11.0 Å². The minimum Gasteiger partial charge on any atom is -0.396 e. The summed E-state index contributed by atoms with van der Waals surface area (Å²) in [6, 6.07) is 11.8. The van der Waals surface area contributed by atoms with Crippen molar-refractivity contribution in [2.24, 2.45) is 0 Å². The van der Waals surface area contributed by atoms with Gasteiger partial charge in [0.15, 0.2) is 5.69 Å². The molecule has 0 fully saturated rings. The van der Waals surface area contributed by atoms with Crippen molar-refractivity contribution in [1.29, 1.82) is 10.5 Å². The third-order valence-electron chi connectivity index (χ3n) is 3.98. The van der Waals surface area contributed by atoms with Gasteiger partial charge in [0.25, 0.3) is 5.91 Å². The number of nitrogens with two attached hydrogens (primary N) is 1. The molecule has 0 saturated carbocycles. The van der Waals surface area contributed by atoms with Crippen LogP contribution >= 0.6 is 34.4 Å². The number of nitrogens with zero attached hydrogens (tertiary/aromatic N) is 3. The van der Waals surface area contributed by atoms with Crippen molar-refractivity contribution >= 4 is 57.0 Å². The molecule has 126 valence electrons. The van der Waals surface area contributed by atoms with Crippen LogP contribution in [0.1, 0.15) is 25.5 Å². The first kappa shape index (κ1) is 16.7. The first-order chi connectivity index (χ1) is 12.7. The molecule has 5 nitrogen and oxygen atoms in total. The van der Waals surface area contributed by atoms with Crippen molar-refractivity contribution in [2.45, 2.75) is 5.25 Å². The zero-order valence-corrected chi connectivity index (χ0v) is 15.6. The lowest BCUT2D eigenvalue weighted by Crippen LogP contribution is -2.40. The lowest BCUT2D eigenvalue weighted by Gasteiger charge is -2.19. The summed E-state index contributed by atoms with van der Waals surface area (Å²) in [6.45, 7) is 0. The highest BCUT2D eigenvalue weighted by Crippen LogP contribution is 2.40. The number of anilines is 1. The predicted octanol–water partition coefficient (Wildman–Crippen LogP) is 2.65. The molecule has 0 aliphatic carbocycles. The maximum Gasteiger partial charge on any atom is 0.251 e. The highest BCUT2D eigenvalue weighted by atomic mass is 32.2. The fourth-order valence-corrected chi connectivity index (χ4v) is 5.53. The fourth-order valence-electron chi connectivity index (χ4n) is 2.86. The number of thiophene rings is 2. The van der Waals surface area contributed by atoms with E-state index in [0.29, 0.717) is 15.5 Å². The van der Waals surface area contributed by atoms with Gasteiger partial charge in [0.2, 0.25) is 0 Å². The number of nitrogen functional groups attached to an aromatic ring is 1. The summed E-state index contributed by atoms with van der Waals surface area (Å²) in [5.74, 6) is -0.250. The minimum atomic E-state index is -0.550. The summed E-state index contributed by atoms with van der Waals surface area (Å²) in [5.41, 5.74) is 6.51. The molecule has 3 aromatic heterocycles. The molecule has 0 spiro atoms. The van der Waals surface area contributed by atoms with Crippen molar-refractivity contribution in [3.63, 3.8) is 0 Å². The summed E-state index contributed by atoms with van der Waals surface area (Å²) in [4.78, 5) is 15.3. The second-order valence-corrected chi connectivity index (χ2v) is 8.50. The van der Waals surface area contributed by atoms with Crippen LogP contribution in [0.3, 0.4) is 0 Å². The molecule has 3 aromatic rings. The minimum absolute atomic E-state index is 0.0856. The van der Waals surface area contributed by atoms with Gasteiger partial charge >= 0.3 is 0 Å². The molecule has 26 heavy (non-hydrogen) atoms. The molecule has 0 radical (unpaired) electrons. The Hall–Kier alpha value is -2.78. The topological polar surface area (TPSA) is 95.6 Å². The Bertz CT molecular complexity index is 1210. The van der Waals surface area contributed by atoms with Gasteiger partial charge in [-0.05, 0) is 29.0 Å². The van der Waals surface area contributed by atoms with E-state index in [9.17, 15) is 15.3 Å². The van der Waals surface area contributed by atoms with Crippen LogP contribution in [0.5, 0.6) is 0 Å². The number of aromatic nitrogens is 1. The lowest BCUT2D eigenvalue weighted by atomic mass is 10.2. The molecule has 1 aliphatic rings. The highest BCUT2D eigenvalue weighted by Gasteiger charge is 2.34. The van der Waals surface area contributed by atoms with E-state index in [2.05, 4.69) is 6.07 Å². The van der Waals surface area contributed by atoms with E-state index >= 15 is 0 Å². The molecule has 2 N–H and O–H groups in total. The largest absolute Gasteiger partial charge is 0.396 e. The molecule has 1 atom stereocenters. The molecule has 8 heteroatoms. The molecule has 0 amide bonds.